The largest absolute Gasteiger partial charge is 0.310 e. The maximum atomic E-state index is 13.2. The molecule has 0 aliphatic rings. The summed E-state index contributed by atoms with van der Waals surface area (Å²) in [5, 5.41) is 7.90. The highest BCUT2D eigenvalue weighted by Crippen LogP contribution is 2.20. The van der Waals surface area contributed by atoms with Crippen LogP contribution in [-0.2, 0) is 6.54 Å². The van der Waals surface area contributed by atoms with Crippen molar-refractivity contribution in [3.8, 4) is 5.69 Å². The van der Waals surface area contributed by atoms with Crippen molar-refractivity contribution >= 4 is 11.6 Å². The predicted octanol–water partition coefficient (Wildman–Crippen LogP) is 3.86. The standard InChI is InChI=1S/C15H19ClFN3/c1-4-10(2)18-8-12-9-19-20(11(12)3)13-5-6-15(17)14(16)7-13/h5-7,9-10,18H,4,8H2,1-3H3. The van der Waals surface area contributed by atoms with Crippen LogP contribution in [0, 0.1) is 12.7 Å². The fourth-order valence-corrected chi connectivity index (χ4v) is 2.10. The first-order valence-electron chi connectivity index (χ1n) is 6.75. The molecule has 1 atom stereocenters. The van der Waals surface area contributed by atoms with Crippen LogP contribution >= 0.6 is 11.6 Å². The molecule has 2 aromatic rings. The van der Waals surface area contributed by atoms with E-state index in [1.807, 2.05) is 13.1 Å². The Labute approximate surface area is 123 Å². The van der Waals surface area contributed by atoms with Gasteiger partial charge in [-0.05, 0) is 38.5 Å². The van der Waals surface area contributed by atoms with Crippen LogP contribution in [0.1, 0.15) is 31.5 Å². The maximum Gasteiger partial charge on any atom is 0.141 e. The Morgan fingerprint density at radius 1 is 1.45 bits per heavy atom. The van der Waals surface area contributed by atoms with Gasteiger partial charge in [-0.15, -0.1) is 0 Å². The minimum atomic E-state index is -0.418. The van der Waals surface area contributed by atoms with E-state index in [1.165, 1.54) is 6.07 Å². The van der Waals surface area contributed by atoms with E-state index in [4.69, 9.17) is 11.6 Å². The van der Waals surface area contributed by atoms with Crippen LogP contribution in [0.4, 0.5) is 4.39 Å². The second kappa shape index (κ2) is 6.37. The third-order valence-electron chi connectivity index (χ3n) is 3.51. The van der Waals surface area contributed by atoms with Crippen molar-refractivity contribution in [3.63, 3.8) is 0 Å². The Morgan fingerprint density at radius 2 is 2.20 bits per heavy atom. The number of hydrogen-bond donors (Lipinski definition) is 1. The van der Waals surface area contributed by atoms with Gasteiger partial charge in [0.25, 0.3) is 0 Å². The van der Waals surface area contributed by atoms with Gasteiger partial charge in [0.1, 0.15) is 5.82 Å². The lowest BCUT2D eigenvalue weighted by Crippen LogP contribution is -2.24. The molecule has 1 N–H and O–H groups in total. The summed E-state index contributed by atoms with van der Waals surface area (Å²) in [4.78, 5) is 0. The summed E-state index contributed by atoms with van der Waals surface area (Å²) in [5.74, 6) is -0.418. The zero-order chi connectivity index (χ0) is 14.7. The predicted molar refractivity (Wildman–Crippen MR) is 79.9 cm³/mol. The van der Waals surface area contributed by atoms with Crippen molar-refractivity contribution in [3.05, 3.63) is 46.5 Å². The molecule has 0 saturated carbocycles. The maximum absolute atomic E-state index is 13.2. The second-order valence-electron chi connectivity index (χ2n) is 4.96. The van der Waals surface area contributed by atoms with Gasteiger partial charge in [-0.1, -0.05) is 18.5 Å². The van der Waals surface area contributed by atoms with Crippen LogP contribution in [0.15, 0.2) is 24.4 Å². The van der Waals surface area contributed by atoms with E-state index in [-0.39, 0.29) is 5.02 Å². The number of nitrogens with zero attached hydrogens (tertiary/aromatic N) is 2. The molecule has 1 aromatic carbocycles. The number of aromatic nitrogens is 2. The summed E-state index contributed by atoms with van der Waals surface area (Å²) in [7, 11) is 0. The Morgan fingerprint density at radius 3 is 2.85 bits per heavy atom. The highest BCUT2D eigenvalue weighted by Gasteiger charge is 2.10. The molecule has 0 amide bonds. The van der Waals surface area contributed by atoms with Crippen LogP contribution in [-0.4, -0.2) is 15.8 Å². The quantitative estimate of drug-likeness (QED) is 0.908. The van der Waals surface area contributed by atoms with E-state index in [1.54, 1.807) is 16.8 Å². The van der Waals surface area contributed by atoms with Gasteiger partial charge in [0.2, 0.25) is 0 Å². The topological polar surface area (TPSA) is 29.9 Å². The molecule has 3 nitrogen and oxygen atoms in total. The lowest BCUT2D eigenvalue weighted by Gasteiger charge is -2.11. The molecule has 5 heteroatoms. The van der Waals surface area contributed by atoms with Crippen LogP contribution < -0.4 is 5.32 Å². The molecule has 1 unspecified atom stereocenters. The van der Waals surface area contributed by atoms with Gasteiger partial charge in [0, 0.05) is 23.8 Å². The Bertz CT molecular complexity index is 595. The van der Waals surface area contributed by atoms with Crippen LogP contribution in [0.25, 0.3) is 5.69 Å². The van der Waals surface area contributed by atoms with E-state index in [9.17, 15) is 4.39 Å². The molecular weight excluding hydrogens is 277 g/mol. The van der Waals surface area contributed by atoms with Crippen molar-refractivity contribution in [2.75, 3.05) is 0 Å². The minimum absolute atomic E-state index is 0.108. The summed E-state index contributed by atoms with van der Waals surface area (Å²) >= 11 is 5.82. The normalized spacial score (nSPS) is 12.7. The van der Waals surface area contributed by atoms with Crippen LogP contribution in [0.2, 0.25) is 5.02 Å². The summed E-state index contributed by atoms with van der Waals surface area (Å²) < 4.78 is 15.0. The molecule has 1 aromatic heterocycles. The van der Waals surface area contributed by atoms with E-state index in [2.05, 4.69) is 24.3 Å². The Hall–Kier alpha value is -1.39. The molecule has 1 heterocycles. The molecule has 0 bridgehead atoms. The molecule has 0 aliphatic heterocycles. The summed E-state index contributed by atoms with van der Waals surface area (Å²) in [5.41, 5.74) is 2.93. The van der Waals surface area contributed by atoms with Gasteiger partial charge in [0.15, 0.2) is 0 Å². The summed E-state index contributed by atoms with van der Waals surface area (Å²) in [6, 6.07) is 5.09. The SMILES string of the molecule is CCC(C)NCc1cnn(-c2ccc(F)c(Cl)c2)c1C. The van der Waals surface area contributed by atoms with Gasteiger partial charge in [-0.3, -0.25) is 0 Å². The van der Waals surface area contributed by atoms with Gasteiger partial charge in [0.05, 0.1) is 16.9 Å². The molecule has 0 saturated heterocycles. The molecule has 0 spiro atoms. The molecule has 0 fully saturated rings. The highest BCUT2D eigenvalue weighted by atomic mass is 35.5. The molecule has 20 heavy (non-hydrogen) atoms. The Kier molecular flexibility index (Phi) is 4.78. The van der Waals surface area contributed by atoms with Gasteiger partial charge >= 0.3 is 0 Å². The van der Waals surface area contributed by atoms with E-state index in [0.29, 0.717) is 6.04 Å². The molecular formula is C15H19ClFN3. The van der Waals surface area contributed by atoms with E-state index in [0.717, 1.165) is 29.9 Å². The van der Waals surface area contributed by atoms with Crippen molar-refractivity contribution in [1.82, 2.24) is 15.1 Å². The number of benzene rings is 1. The van der Waals surface area contributed by atoms with E-state index >= 15 is 0 Å². The lowest BCUT2D eigenvalue weighted by molar-refractivity contribution is 0.533. The smallest absolute Gasteiger partial charge is 0.141 e. The Balaban J connectivity index is 2.21. The van der Waals surface area contributed by atoms with Gasteiger partial charge in [-0.25, -0.2) is 9.07 Å². The molecule has 0 radical (unpaired) electrons. The third-order valence-corrected chi connectivity index (χ3v) is 3.80. The monoisotopic (exact) mass is 295 g/mol. The second-order valence-corrected chi connectivity index (χ2v) is 5.36. The number of hydrogen-bond acceptors (Lipinski definition) is 2. The zero-order valence-electron chi connectivity index (χ0n) is 12.0. The first-order chi connectivity index (χ1) is 9.52. The minimum Gasteiger partial charge on any atom is -0.310 e. The van der Waals surface area contributed by atoms with Gasteiger partial charge < -0.3 is 5.32 Å². The number of rotatable bonds is 5. The highest BCUT2D eigenvalue weighted by molar-refractivity contribution is 6.30. The van der Waals surface area contributed by atoms with Gasteiger partial charge in [-0.2, -0.15) is 5.10 Å². The lowest BCUT2D eigenvalue weighted by atomic mass is 10.2. The van der Waals surface area contributed by atoms with Crippen molar-refractivity contribution in [2.45, 2.75) is 39.8 Å². The van der Waals surface area contributed by atoms with Crippen LogP contribution in [0.5, 0.6) is 0 Å². The third kappa shape index (κ3) is 3.19. The van der Waals surface area contributed by atoms with Crippen LogP contribution in [0.3, 0.4) is 0 Å². The number of halogens is 2. The summed E-state index contributed by atoms with van der Waals surface area (Å²) in [6.45, 7) is 7.07. The van der Waals surface area contributed by atoms with Crippen molar-refractivity contribution in [2.24, 2.45) is 0 Å². The van der Waals surface area contributed by atoms with E-state index < -0.39 is 5.82 Å². The average molecular weight is 296 g/mol. The molecule has 2 rings (SSSR count). The zero-order valence-corrected chi connectivity index (χ0v) is 12.7. The first kappa shape index (κ1) is 15.0. The van der Waals surface area contributed by atoms with Crippen molar-refractivity contribution in [1.29, 1.82) is 0 Å². The van der Waals surface area contributed by atoms with Crippen molar-refractivity contribution < 1.29 is 4.39 Å². The fraction of sp³-hybridized carbons (Fsp3) is 0.400. The molecule has 108 valence electrons. The molecule has 0 aliphatic carbocycles. The first-order valence-corrected chi connectivity index (χ1v) is 7.13. The average Bonchev–Trinajstić information content (AvgIpc) is 2.80. The summed E-state index contributed by atoms with van der Waals surface area (Å²) in [6.07, 6.45) is 2.92. The fourth-order valence-electron chi connectivity index (χ4n) is 1.92. The number of nitrogens with one attached hydrogen (secondary N) is 1.